The van der Waals surface area contributed by atoms with Crippen LogP contribution in [0, 0.1) is 6.92 Å². The zero-order valence-corrected chi connectivity index (χ0v) is 17.9. The minimum atomic E-state index is 0.167. The van der Waals surface area contributed by atoms with E-state index >= 15 is 0 Å². The number of pyridine rings is 1. The van der Waals surface area contributed by atoms with Crippen molar-refractivity contribution in [3.63, 3.8) is 0 Å². The lowest BCUT2D eigenvalue weighted by Crippen LogP contribution is -2.15. The molecule has 4 aromatic rings. The maximum absolute atomic E-state index is 6.24. The van der Waals surface area contributed by atoms with Crippen molar-refractivity contribution in [3.8, 4) is 11.4 Å². The fraction of sp³-hybridized carbons (Fsp3) is 0.200. The summed E-state index contributed by atoms with van der Waals surface area (Å²) in [6, 6.07) is 9.55. The molecule has 3 aromatic heterocycles. The number of nitrogens with zero attached hydrogens (tertiary/aromatic N) is 7. The predicted octanol–water partition coefficient (Wildman–Crippen LogP) is 3.70. The van der Waals surface area contributed by atoms with Crippen molar-refractivity contribution < 1.29 is 4.42 Å². The van der Waals surface area contributed by atoms with Crippen LogP contribution in [0.5, 0.6) is 0 Å². The quantitative estimate of drug-likeness (QED) is 0.443. The summed E-state index contributed by atoms with van der Waals surface area (Å²) in [4.78, 5) is 19.2. The molecule has 0 amide bonds. The van der Waals surface area contributed by atoms with Gasteiger partial charge in [0.15, 0.2) is 5.82 Å². The van der Waals surface area contributed by atoms with Gasteiger partial charge in [-0.15, -0.1) is 5.10 Å². The van der Waals surface area contributed by atoms with Crippen LogP contribution < -0.4 is 15.5 Å². The maximum Gasteiger partial charge on any atom is 0.322 e. The molecule has 0 atom stereocenters. The van der Waals surface area contributed by atoms with E-state index in [1.165, 1.54) is 0 Å². The summed E-state index contributed by atoms with van der Waals surface area (Å²) in [7, 11) is 3.69. The topological polar surface area (TPSA) is 118 Å². The van der Waals surface area contributed by atoms with Crippen molar-refractivity contribution in [2.24, 2.45) is 0 Å². The molecule has 1 aromatic carbocycles. The lowest BCUT2D eigenvalue weighted by atomic mass is 10.2. The lowest BCUT2D eigenvalue weighted by Gasteiger charge is -2.12. The molecule has 0 spiro atoms. The van der Waals surface area contributed by atoms with Crippen molar-refractivity contribution in [1.82, 2.24) is 30.1 Å². The normalized spacial score (nSPS) is 10.7. The van der Waals surface area contributed by atoms with E-state index in [4.69, 9.17) is 16.0 Å². The number of aromatic nitrogens is 6. The smallest absolute Gasteiger partial charge is 0.322 e. The van der Waals surface area contributed by atoms with Crippen LogP contribution in [0.4, 0.5) is 23.6 Å². The number of nitrogens with one attached hydrogen (secondary N) is 2. The number of aryl methyl sites for hydroxylation is 1. The van der Waals surface area contributed by atoms with Gasteiger partial charge in [0.25, 0.3) is 0 Å². The summed E-state index contributed by atoms with van der Waals surface area (Å²) in [5.74, 6) is 1.62. The van der Waals surface area contributed by atoms with E-state index in [1.54, 1.807) is 17.3 Å². The summed E-state index contributed by atoms with van der Waals surface area (Å²) in [6.45, 7) is 2.29. The number of para-hydroxylation sites is 1. The second kappa shape index (κ2) is 8.92. The van der Waals surface area contributed by atoms with Gasteiger partial charge >= 0.3 is 6.01 Å². The van der Waals surface area contributed by atoms with E-state index in [0.29, 0.717) is 29.2 Å². The third kappa shape index (κ3) is 4.86. The molecule has 31 heavy (non-hydrogen) atoms. The van der Waals surface area contributed by atoms with Crippen molar-refractivity contribution >= 4 is 35.2 Å². The summed E-state index contributed by atoms with van der Waals surface area (Å²) in [6.07, 6.45) is 3.38. The molecule has 0 bridgehead atoms. The number of rotatable bonds is 7. The summed E-state index contributed by atoms with van der Waals surface area (Å²) >= 11 is 6.24. The zero-order chi connectivity index (χ0) is 21.8. The second-order valence-electron chi connectivity index (χ2n) is 6.83. The van der Waals surface area contributed by atoms with Crippen LogP contribution in [0.2, 0.25) is 5.02 Å². The van der Waals surface area contributed by atoms with E-state index < -0.39 is 0 Å². The first kappa shape index (κ1) is 20.5. The Labute approximate surface area is 183 Å². The molecule has 158 valence electrons. The summed E-state index contributed by atoms with van der Waals surface area (Å²) < 4.78 is 5.67. The highest BCUT2D eigenvalue weighted by Gasteiger charge is 2.14. The minimum absolute atomic E-state index is 0.167. The molecule has 10 nitrogen and oxygen atoms in total. The minimum Gasteiger partial charge on any atom is -0.406 e. The van der Waals surface area contributed by atoms with Gasteiger partial charge in [0.05, 0.1) is 17.3 Å². The first-order chi connectivity index (χ1) is 15.0. The van der Waals surface area contributed by atoms with E-state index in [0.717, 1.165) is 16.8 Å². The Hall–Kier alpha value is -3.79. The molecular formula is C20H20ClN9O. The molecule has 11 heteroatoms. The Morgan fingerprint density at radius 3 is 2.68 bits per heavy atom. The molecule has 0 aliphatic heterocycles. The van der Waals surface area contributed by atoms with Gasteiger partial charge in [-0.05, 0) is 30.7 Å². The average molecular weight is 438 g/mol. The molecule has 0 saturated carbocycles. The Morgan fingerprint density at radius 2 is 1.94 bits per heavy atom. The SMILES string of the molecule is Cc1cccc(Cl)c1NCc1nnc(Nc2nc(-c3cccnc3)nc(N(C)C)n2)o1. The van der Waals surface area contributed by atoms with Crippen LogP contribution in [0.25, 0.3) is 11.4 Å². The molecule has 0 saturated heterocycles. The Bertz CT molecular complexity index is 1160. The van der Waals surface area contributed by atoms with Crippen LogP contribution in [-0.2, 0) is 6.54 Å². The molecule has 4 rings (SSSR count). The zero-order valence-electron chi connectivity index (χ0n) is 17.2. The standard InChI is InChI=1S/C20H20ClN9O/c1-12-6-4-8-14(21)16(12)23-11-15-28-29-20(31-15)27-18-24-17(13-7-5-9-22-10-13)25-19(26-18)30(2)3/h4-10,23H,11H2,1-3H3,(H,24,25,26,27,29). The molecule has 0 radical (unpaired) electrons. The number of hydrogen-bond acceptors (Lipinski definition) is 10. The average Bonchev–Trinajstić information content (AvgIpc) is 3.21. The van der Waals surface area contributed by atoms with Gasteiger partial charge in [0, 0.05) is 32.1 Å². The van der Waals surface area contributed by atoms with E-state index in [1.807, 2.05) is 51.4 Å². The Kier molecular flexibility index (Phi) is 5.89. The molecule has 0 aliphatic rings. The van der Waals surface area contributed by atoms with Crippen LogP contribution >= 0.6 is 11.6 Å². The van der Waals surface area contributed by atoms with Gasteiger partial charge in [-0.2, -0.15) is 15.0 Å². The fourth-order valence-electron chi connectivity index (χ4n) is 2.74. The molecule has 2 N–H and O–H groups in total. The largest absolute Gasteiger partial charge is 0.406 e. The van der Waals surface area contributed by atoms with Crippen molar-refractivity contribution in [1.29, 1.82) is 0 Å². The number of benzene rings is 1. The van der Waals surface area contributed by atoms with E-state index in [9.17, 15) is 0 Å². The van der Waals surface area contributed by atoms with Gasteiger partial charge < -0.3 is 14.6 Å². The highest BCUT2D eigenvalue weighted by atomic mass is 35.5. The monoisotopic (exact) mass is 437 g/mol. The highest BCUT2D eigenvalue weighted by Crippen LogP contribution is 2.26. The first-order valence-corrected chi connectivity index (χ1v) is 9.79. The van der Waals surface area contributed by atoms with Gasteiger partial charge in [-0.25, -0.2) is 0 Å². The van der Waals surface area contributed by atoms with E-state index in [2.05, 4.69) is 40.8 Å². The Morgan fingerprint density at radius 1 is 1.06 bits per heavy atom. The van der Waals surface area contributed by atoms with Crippen LogP contribution in [0.1, 0.15) is 11.5 Å². The van der Waals surface area contributed by atoms with Crippen molar-refractivity contribution in [2.45, 2.75) is 13.5 Å². The third-order valence-corrected chi connectivity index (χ3v) is 4.58. The second-order valence-corrected chi connectivity index (χ2v) is 7.24. The predicted molar refractivity (Wildman–Crippen MR) is 118 cm³/mol. The number of hydrogen-bond donors (Lipinski definition) is 2. The summed E-state index contributed by atoms with van der Waals surface area (Å²) in [5.41, 5.74) is 2.61. The number of anilines is 4. The summed E-state index contributed by atoms with van der Waals surface area (Å²) in [5, 5.41) is 14.9. The molecular weight excluding hydrogens is 418 g/mol. The van der Waals surface area contributed by atoms with Gasteiger partial charge in [0.2, 0.25) is 17.8 Å². The van der Waals surface area contributed by atoms with Gasteiger partial charge in [0.1, 0.15) is 0 Å². The third-order valence-electron chi connectivity index (χ3n) is 4.27. The first-order valence-electron chi connectivity index (χ1n) is 9.42. The van der Waals surface area contributed by atoms with Gasteiger partial charge in [-0.1, -0.05) is 28.8 Å². The fourth-order valence-corrected chi connectivity index (χ4v) is 3.02. The van der Waals surface area contributed by atoms with Crippen LogP contribution in [0.15, 0.2) is 47.1 Å². The molecule has 3 heterocycles. The molecule has 0 fully saturated rings. The molecule has 0 aliphatic carbocycles. The maximum atomic E-state index is 6.24. The van der Waals surface area contributed by atoms with Crippen molar-refractivity contribution in [3.05, 3.63) is 59.2 Å². The van der Waals surface area contributed by atoms with Gasteiger partial charge in [-0.3, -0.25) is 10.3 Å². The lowest BCUT2D eigenvalue weighted by molar-refractivity contribution is 0.517. The van der Waals surface area contributed by atoms with Crippen LogP contribution in [-0.4, -0.2) is 44.2 Å². The number of halogens is 1. The van der Waals surface area contributed by atoms with Crippen LogP contribution in [0.3, 0.4) is 0 Å². The highest BCUT2D eigenvalue weighted by molar-refractivity contribution is 6.33. The van der Waals surface area contributed by atoms with E-state index in [-0.39, 0.29) is 12.0 Å². The Balaban J connectivity index is 1.52. The molecule has 0 unspecified atom stereocenters. The van der Waals surface area contributed by atoms with Crippen molar-refractivity contribution in [2.75, 3.05) is 29.6 Å².